The summed E-state index contributed by atoms with van der Waals surface area (Å²) in [4.78, 5) is 18.4. The fourth-order valence-corrected chi connectivity index (χ4v) is 2.36. The topological polar surface area (TPSA) is 86.3 Å². The molecule has 0 bridgehead atoms. The van der Waals surface area contributed by atoms with Crippen molar-refractivity contribution >= 4 is 5.91 Å². The molecule has 0 spiro atoms. The molecule has 1 fully saturated rings. The average molecular weight is 305 g/mol. The standard InChI is InChI=1S/C14H19N5O3/c1-9-6-11(16-18(9)2)14(20)19-7-10(8-19)13-15-12(17-22-13)4-5-21-3/h6,10H,4-5,7-8H2,1-3H3. The molecule has 2 aromatic rings. The minimum Gasteiger partial charge on any atom is -0.384 e. The largest absolute Gasteiger partial charge is 0.384 e. The summed E-state index contributed by atoms with van der Waals surface area (Å²) in [6, 6.07) is 1.80. The van der Waals surface area contributed by atoms with Gasteiger partial charge in [-0.15, -0.1) is 0 Å². The van der Waals surface area contributed by atoms with Crippen LogP contribution in [0.5, 0.6) is 0 Å². The van der Waals surface area contributed by atoms with Gasteiger partial charge in [-0.3, -0.25) is 9.48 Å². The van der Waals surface area contributed by atoms with Crippen molar-refractivity contribution in [1.82, 2.24) is 24.8 Å². The van der Waals surface area contributed by atoms with E-state index in [2.05, 4.69) is 15.2 Å². The van der Waals surface area contributed by atoms with E-state index in [4.69, 9.17) is 9.26 Å². The van der Waals surface area contributed by atoms with E-state index >= 15 is 0 Å². The van der Waals surface area contributed by atoms with Gasteiger partial charge in [0, 0.05) is 39.4 Å². The van der Waals surface area contributed by atoms with Gasteiger partial charge in [0.05, 0.1) is 12.5 Å². The number of carbonyl (C=O) groups is 1. The first-order valence-electron chi connectivity index (χ1n) is 7.20. The maximum absolute atomic E-state index is 12.3. The van der Waals surface area contributed by atoms with Crippen molar-refractivity contribution in [3.63, 3.8) is 0 Å². The molecule has 0 aromatic carbocycles. The van der Waals surface area contributed by atoms with Crippen LogP contribution in [-0.4, -0.2) is 57.5 Å². The zero-order valence-corrected chi connectivity index (χ0v) is 12.9. The van der Waals surface area contributed by atoms with Crippen molar-refractivity contribution in [2.75, 3.05) is 26.8 Å². The van der Waals surface area contributed by atoms with Gasteiger partial charge in [0.15, 0.2) is 11.5 Å². The third-order valence-corrected chi connectivity index (χ3v) is 3.86. The third-order valence-electron chi connectivity index (χ3n) is 3.86. The monoisotopic (exact) mass is 305 g/mol. The smallest absolute Gasteiger partial charge is 0.274 e. The van der Waals surface area contributed by atoms with E-state index in [9.17, 15) is 4.79 Å². The van der Waals surface area contributed by atoms with Crippen molar-refractivity contribution in [1.29, 1.82) is 0 Å². The Labute approximate surface area is 128 Å². The number of hydrogen-bond acceptors (Lipinski definition) is 6. The van der Waals surface area contributed by atoms with E-state index in [0.717, 1.165) is 5.69 Å². The maximum atomic E-state index is 12.3. The summed E-state index contributed by atoms with van der Waals surface area (Å²) in [5, 5.41) is 8.12. The van der Waals surface area contributed by atoms with Crippen molar-refractivity contribution in [2.24, 2.45) is 7.05 Å². The quantitative estimate of drug-likeness (QED) is 0.801. The van der Waals surface area contributed by atoms with Crippen LogP contribution in [0.25, 0.3) is 0 Å². The molecule has 1 amide bonds. The second kappa shape index (κ2) is 5.88. The van der Waals surface area contributed by atoms with E-state index in [-0.39, 0.29) is 11.8 Å². The minimum atomic E-state index is -0.0564. The Morgan fingerprint density at radius 3 is 2.91 bits per heavy atom. The van der Waals surface area contributed by atoms with Crippen LogP contribution < -0.4 is 0 Å². The van der Waals surface area contributed by atoms with Gasteiger partial charge in [0.25, 0.3) is 5.91 Å². The molecule has 8 nitrogen and oxygen atoms in total. The van der Waals surface area contributed by atoms with Crippen LogP contribution in [-0.2, 0) is 18.2 Å². The fraction of sp³-hybridized carbons (Fsp3) is 0.571. The highest BCUT2D eigenvalue weighted by molar-refractivity contribution is 5.93. The number of amides is 1. The first-order chi connectivity index (χ1) is 10.6. The van der Waals surface area contributed by atoms with E-state index in [1.165, 1.54) is 0 Å². The molecule has 1 aliphatic rings. The summed E-state index contributed by atoms with van der Waals surface area (Å²) < 4.78 is 11.9. The van der Waals surface area contributed by atoms with Crippen molar-refractivity contribution in [2.45, 2.75) is 19.3 Å². The molecule has 1 saturated heterocycles. The highest BCUT2D eigenvalue weighted by atomic mass is 16.5. The lowest BCUT2D eigenvalue weighted by molar-refractivity contribution is 0.0562. The van der Waals surface area contributed by atoms with Crippen LogP contribution in [0.1, 0.15) is 33.8 Å². The predicted molar refractivity (Wildman–Crippen MR) is 76.5 cm³/mol. The normalized spacial score (nSPS) is 15.1. The van der Waals surface area contributed by atoms with Crippen LogP contribution in [0.2, 0.25) is 0 Å². The SMILES string of the molecule is COCCc1noc(C2CN(C(=O)c3cc(C)n(C)n3)C2)n1. The highest BCUT2D eigenvalue weighted by Gasteiger charge is 2.36. The molecule has 118 valence electrons. The number of likely N-dealkylation sites (tertiary alicyclic amines) is 1. The molecule has 0 unspecified atom stereocenters. The number of rotatable bonds is 5. The molecule has 2 aromatic heterocycles. The number of aromatic nitrogens is 4. The van der Waals surface area contributed by atoms with Crippen LogP contribution in [0, 0.1) is 6.92 Å². The van der Waals surface area contributed by atoms with Gasteiger partial charge < -0.3 is 14.2 Å². The van der Waals surface area contributed by atoms with Crippen molar-refractivity contribution in [3.8, 4) is 0 Å². The Morgan fingerprint density at radius 2 is 2.27 bits per heavy atom. The highest BCUT2D eigenvalue weighted by Crippen LogP contribution is 2.27. The van der Waals surface area contributed by atoms with E-state index in [0.29, 0.717) is 43.5 Å². The van der Waals surface area contributed by atoms with E-state index < -0.39 is 0 Å². The first kappa shape index (κ1) is 14.7. The lowest BCUT2D eigenvalue weighted by atomic mass is 9.99. The third kappa shape index (κ3) is 2.74. The molecule has 0 saturated carbocycles. The molecule has 0 atom stereocenters. The number of aryl methyl sites for hydroxylation is 2. The van der Waals surface area contributed by atoms with Gasteiger partial charge in [-0.25, -0.2) is 0 Å². The second-order valence-electron chi connectivity index (χ2n) is 5.49. The van der Waals surface area contributed by atoms with Crippen LogP contribution in [0.4, 0.5) is 0 Å². The maximum Gasteiger partial charge on any atom is 0.274 e. The van der Waals surface area contributed by atoms with Crippen LogP contribution in [0.3, 0.4) is 0 Å². The molecule has 3 rings (SSSR count). The summed E-state index contributed by atoms with van der Waals surface area (Å²) in [6.45, 7) is 3.65. The Morgan fingerprint density at radius 1 is 1.50 bits per heavy atom. The average Bonchev–Trinajstić information content (AvgIpc) is 3.03. The molecule has 8 heteroatoms. The number of carbonyl (C=O) groups excluding carboxylic acids is 1. The van der Waals surface area contributed by atoms with Crippen LogP contribution in [0.15, 0.2) is 10.6 Å². The van der Waals surface area contributed by atoms with E-state index in [1.807, 2.05) is 14.0 Å². The van der Waals surface area contributed by atoms with Crippen molar-refractivity contribution in [3.05, 3.63) is 29.2 Å². The lowest BCUT2D eigenvalue weighted by Crippen LogP contribution is -2.48. The molecule has 0 radical (unpaired) electrons. The first-order valence-corrected chi connectivity index (χ1v) is 7.20. The molecule has 0 aliphatic carbocycles. The summed E-state index contributed by atoms with van der Waals surface area (Å²) >= 11 is 0. The Hall–Kier alpha value is -2.22. The minimum absolute atomic E-state index is 0.0564. The van der Waals surface area contributed by atoms with Crippen LogP contribution >= 0.6 is 0 Å². The molecule has 3 heterocycles. The number of methoxy groups -OCH3 is 1. The van der Waals surface area contributed by atoms with Gasteiger partial charge in [0.1, 0.15) is 0 Å². The zero-order valence-electron chi connectivity index (χ0n) is 12.9. The molecular weight excluding hydrogens is 286 g/mol. The summed E-state index contributed by atoms with van der Waals surface area (Å²) in [5.41, 5.74) is 1.44. The zero-order chi connectivity index (χ0) is 15.7. The van der Waals surface area contributed by atoms with Gasteiger partial charge in [-0.05, 0) is 13.0 Å². The van der Waals surface area contributed by atoms with Gasteiger partial charge in [-0.1, -0.05) is 5.16 Å². The number of hydrogen-bond donors (Lipinski definition) is 0. The van der Waals surface area contributed by atoms with E-state index in [1.54, 1.807) is 22.8 Å². The Kier molecular flexibility index (Phi) is 3.93. The Balaban J connectivity index is 1.57. The van der Waals surface area contributed by atoms with Gasteiger partial charge >= 0.3 is 0 Å². The van der Waals surface area contributed by atoms with Crippen molar-refractivity contribution < 1.29 is 14.1 Å². The number of nitrogens with zero attached hydrogens (tertiary/aromatic N) is 5. The summed E-state index contributed by atoms with van der Waals surface area (Å²) in [5.74, 6) is 1.28. The predicted octanol–water partition coefficient (Wildman–Crippen LogP) is 0.540. The second-order valence-corrected chi connectivity index (χ2v) is 5.49. The molecular formula is C14H19N5O3. The summed E-state index contributed by atoms with van der Waals surface area (Å²) in [7, 11) is 3.46. The molecule has 0 N–H and O–H groups in total. The molecule has 1 aliphatic heterocycles. The molecule has 22 heavy (non-hydrogen) atoms. The lowest BCUT2D eigenvalue weighted by Gasteiger charge is -2.36. The van der Waals surface area contributed by atoms with Gasteiger partial charge in [-0.2, -0.15) is 10.1 Å². The van der Waals surface area contributed by atoms with Gasteiger partial charge in [0.2, 0.25) is 5.89 Å². The Bertz CT molecular complexity index is 652. The fourth-order valence-electron chi connectivity index (χ4n) is 2.36. The summed E-state index contributed by atoms with van der Waals surface area (Å²) in [6.07, 6.45) is 0.628. The number of ether oxygens (including phenoxy) is 1.